The van der Waals surface area contributed by atoms with Gasteiger partial charge in [-0.2, -0.15) is 89.5 Å². The molecule has 0 saturated heterocycles. The Labute approximate surface area is 328 Å². The second-order valence-corrected chi connectivity index (χ2v) is 12.1. The standard InChI is InChI=1S/C38H6F15N7O/c39-34(40,41)18-1-14(2-19(5-18)35(42,43)44)25-22(11-58)29-24(13-60)30-23(12-59)26(15-3-20(36(45,46)47)6-21(4-15)37(48,49)50)28(17(9-56)10-57)32(30)33(61-38(51,52)53)31(29)27(25)16(7-54)8-55/h1-6H. The molecule has 3 aromatic rings. The first-order chi connectivity index (χ1) is 28.1. The molecule has 2 aliphatic carbocycles. The number of fused-ring (bicyclic) bond motifs is 2. The van der Waals surface area contributed by atoms with Gasteiger partial charge in [0.05, 0.1) is 39.0 Å². The summed E-state index contributed by atoms with van der Waals surface area (Å²) in [7, 11) is 0. The first-order valence-corrected chi connectivity index (χ1v) is 15.5. The maximum absolute atomic E-state index is 14.5. The van der Waals surface area contributed by atoms with Crippen molar-refractivity contribution in [3.63, 3.8) is 0 Å². The molecule has 0 aromatic heterocycles. The highest BCUT2D eigenvalue weighted by Crippen LogP contribution is 2.62. The fraction of sp³-hybridized carbons (Fsp3) is 0.132. The van der Waals surface area contributed by atoms with Crippen molar-refractivity contribution in [2.45, 2.75) is 31.1 Å². The van der Waals surface area contributed by atoms with Crippen molar-refractivity contribution in [2.24, 2.45) is 0 Å². The molecule has 5 rings (SSSR count). The molecule has 0 unspecified atom stereocenters. The number of benzene rings is 3. The van der Waals surface area contributed by atoms with E-state index in [4.69, 9.17) is 0 Å². The minimum absolute atomic E-state index is 0.0798. The minimum Gasteiger partial charge on any atom is -0.404 e. The van der Waals surface area contributed by atoms with Crippen LogP contribution in [0.5, 0.6) is 5.75 Å². The summed E-state index contributed by atoms with van der Waals surface area (Å²) in [4.78, 5) is 0. The molecule has 3 aromatic carbocycles. The Kier molecular flexibility index (Phi) is 10.5. The monoisotopic (exact) mass is 861 g/mol. The first kappa shape index (κ1) is 43.9. The average Bonchev–Trinajstić information content (AvgIpc) is 3.67. The van der Waals surface area contributed by atoms with Crippen molar-refractivity contribution in [2.75, 3.05) is 0 Å². The fourth-order valence-electron chi connectivity index (χ4n) is 6.56. The van der Waals surface area contributed by atoms with Gasteiger partial charge in [0.25, 0.3) is 0 Å². The van der Waals surface area contributed by atoms with Gasteiger partial charge in [0.15, 0.2) is 0 Å². The molecule has 0 radical (unpaired) electrons. The molecule has 2 aliphatic rings. The van der Waals surface area contributed by atoms with Gasteiger partial charge < -0.3 is 4.74 Å². The zero-order valence-electron chi connectivity index (χ0n) is 28.7. The summed E-state index contributed by atoms with van der Waals surface area (Å²) in [6, 6.07) is 7.22. The highest BCUT2D eigenvalue weighted by Gasteiger charge is 2.48. The van der Waals surface area contributed by atoms with Gasteiger partial charge in [0, 0.05) is 44.5 Å². The molecule has 0 heterocycles. The molecule has 0 aliphatic heterocycles. The predicted molar refractivity (Wildman–Crippen MR) is 172 cm³/mol. The summed E-state index contributed by atoms with van der Waals surface area (Å²) in [5.41, 5.74) is -29.5. The van der Waals surface area contributed by atoms with Crippen molar-refractivity contribution < 1.29 is 70.6 Å². The van der Waals surface area contributed by atoms with Crippen LogP contribution in [0.15, 0.2) is 47.5 Å². The maximum atomic E-state index is 14.5. The summed E-state index contributed by atoms with van der Waals surface area (Å²) in [5.74, 6) is -1.97. The van der Waals surface area contributed by atoms with E-state index in [0.29, 0.717) is 0 Å². The van der Waals surface area contributed by atoms with Crippen LogP contribution in [-0.2, 0) is 24.7 Å². The van der Waals surface area contributed by atoms with Crippen LogP contribution in [0.2, 0.25) is 0 Å². The number of halogens is 15. The van der Waals surface area contributed by atoms with Gasteiger partial charge in [-0.15, -0.1) is 13.2 Å². The van der Waals surface area contributed by atoms with Crippen LogP contribution in [0, 0.1) is 79.3 Å². The number of ether oxygens (including phenoxy) is 1. The predicted octanol–water partition coefficient (Wildman–Crippen LogP) is 11.0. The molecule has 0 spiro atoms. The lowest BCUT2D eigenvalue weighted by Gasteiger charge is -2.21. The van der Waals surface area contributed by atoms with Gasteiger partial charge in [-0.05, 0) is 47.5 Å². The summed E-state index contributed by atoms with van der Waals surface area (Å²) in [6.45, 7) is 0. The zero-order valence-corrected chi connectivity index (χ0v) is 28.7. The van der Waals surface area contributed by atoms with Gasteiger partial charge >= 0.3 is 31.1 Å². The number of hydrogen-bond donors (Lipinski definition) is 0. The topological polar surface area (TPSA) is 176 Å². The van der Waals surface area contributed by atoms with E-state index in [0.717, 1.165) is 24.3 Å². The Morgan fingerprint density at radius 2 is 0.705 bits per heavy atom. The molecule has 0 atom stereocenters. The number of allylic oxidation sites excluding steroid dienone is 8. The molecule has 8 nitrogen and oxygen atoms in total. The molecule has 0 saturated carbocycles. The number of nitriles is 7. The molecule has 0 fully saturated rings. The van der Waals surface area contributed by atoms with E-state index in [1.165, 1.54) is 18.2 Å². The van der Waals surface area contributed by atoms with Gasteiger partial charge in [0.1, 0.15) is 59.4 Å². The van der Waals surface area contributed by atoms with E-state index in [9.17, 15) is 103 Å². The molecule has 0 amide bonds. The van der Waals surface area contributed by atoms with E-state index in [1.807, 2.05) is 0 Å². The fourth-order valence-corrected chi connectivity index (χ4v) is 6.56. The third kappa shape index (κ3) is 7.51. The van der Waals surface area contributed by atoms with Crippen molar-refractivity contribution in [1.29, 1.82) is 36.8 Å². The van der Waals surface area contributed by atoms with E-state index in [-0.39, 0.29) is 24.3 Å². The normalized spacial score (nSPS) is 13.8. The second-order valence-electron chi connectivity index (χ2n) is 12.1. The molecule has 23 heteroatoms. The molecule has 0 N–H and O–H groups in total. The molecular weight excluding hydrogens is 855 g/mol. The SMILES string of the molecule is N#CC(C#N)=C1C(c2cc(C(F)(F)F)cc(C(F)(F)F)c2)=C(C#N)c2c(C#N)c3c(c(OC(F)(F)F)c21)C(=C(C#N)C#N)C(c1cc(C(F)(F)F)cc(C(F)(F)F)c1)=C3C#N. The Morgan fingerprint density at radius 3 is 0.918 bits per heavy atom. The lowest BCUT2D eigenvalue weighted by atomic mass is 9.85. The Morgan fingerprint density at radius 1 is 0.410 bits per heavy atom. The zero-order chi connectivity index (χ0) is 45.9. The molecule has 0 bridgehead atoms. The van der Waals surface area contributed by atoms with E-state index in [2.05, 4.69) is 4.74 Å². The maximum Gasteiger partial charge on any atom is 0.573 e. The van der Waals surface area contributed by atoms with Crippen LogP contribution in [0.1, 0.15) is 61.2 Å². The number of hydrogen-bond acceptors (Lipinski definition) is 8. The van der Waals surface area contributed by atoms with Crippen LogP contribution in [-0.4, -0.2) is 6.36 Å². The lowest BCUT2D eigenvalue weighted by Crippen LogP contribution is -2.20. The quantitative estimate of drug-likeness (QED) is 0.185. The van der Waals surface area contributed by atoms with Gasteiger partial charge in [-0.3, -0.25) is 0 Å². The Balaban J connectivity index is 2.19. The lowest BCUT2D eigenvalue weighted by molar-refractivity contribution is -0.274. The van der Waals surface area contributed by atoms with Gasteiger partial charge in [0.2, 0.25) is 0 Å². The third-order valence-electron chi connectivity index (χ3n) is 8.71. The van der Waals surface area contributed by atoms with Crippen LogP contribution in [0.4, 0.5) is 65.9 Å². The minimum atomic E-state index is -6.09. The highest BCUT2D eigenvalue weighted by molar-refractivity contribution is 6.32. The summed E-state index contributed by atoms with van der Waals surface area (Å²) >= 11 is 0. The average molecular weight is 861 g/mol. The molecule has 304 valence electrons. The van der Waals surface area contributed by atoms with Crippen LogP contribution < -0.4 is 4.74 Å². The van der Waals surface area contributed by atoms with Crippen LogP contribution in [0.3, 0.4) is 0 Å². The second kappa shape index (κ2) is 14.6. The highest BCUT2D eigenvalue weighted by atomic mass is 19.4. The van der Waals surface area contributed by atoms with Crippen molar-refractivity contribution in [3.05, 3.63) is 109 Å². The summed E-state index contributed by atoms with van der Waals surface area (Å²) in [6.07, 6.45) is -28.6. The number of nitrogens with zero attached hydrogens (tertiary/aromatic N) is 7. The van der Waals surface area contributed by atoms with Crippen molar-refractivity contribution in [3.8, 4) is 48.2 Å². The van der Waals surface area contributed by atoms with Crippen LogP contribution in [0.25, 0.3) is 33.4 Å². The van der Waals surface area contributed by atoms with Gasteiger partial charge in [-0.1, -0.05) is 0 Å². The summed E-state index contributed by atoms with van der Waals surface area (Å²) in [5, 5.41) is 71.2. The van der Waals surface area contributed by atoms with Crippen molar-refractivity contribution in [1.82, 2.24) is 0 Å². The smallest absolute Gasteiger partial charge is 0.404 e. The largest absolute Gasteiger partial charge is 0.573 e. The van der Waals surface area contributed by atoms with E-state index in [1.54, 1.807) is 0 Å². The summed E-state index contributed by atoms with van der Waals surface area (Å²) < 4.78 is 216. The number of rotatable bonds is 3. The number of alkyl halides is 15. The first-order valence-electron chi connectivity index (χ1n) is 15.5. The molecular formula is C38H6F15N7O. The van der Waals surface area contributed by atoms with Gasteiger partial charge in [-0.25, -0.2) is 0 Å². The van der Waals surface area contributed by atoms with Crippen LogP contribution >= 0.6 is 0 Å². The Bertz CT molecular complexity index is 2660. The van der Waals surface area contributed by atoms with E-state index < -0.39 is 155 Å². The third-order valence-corrected chi connectivity index (χ3v) is 8.71. The van der Waals surface area contributed by atoms with E-state index >= 15 is 0 Å². The van der Waals surface area contributed by atoms with Crippen molar-refractivity contribution >= 4 is 33.4 Å². The molecule has 61 heavy (non-hydrogen) atoms. The Hall–Kier alpha value is -8.20.